The van der Waals surface area contributed by atoms with E-state index < -0.39 is 0 Å². The van der Waals surface area contributed by atoms with Crippen molar-refractivity contribution < 1.29 is 4.79 Å². The van der Waals surface area contributed by atoms with Crippen LogP contribution in [0.25, 0.3) is 0 Å². The lowest BCUT2D eigenvalue weighted by Gasteiger charge is -2.04. The van der Waals surface area contributed by atoms with Gasteiger partial charge in [0.25, 0.3) is 0 Å². The number of halogens is 1. The Bertz CT molecular complexity index is 772. The van der Waals surface area contributed by atoms with Crippen LogP contribution in [-0.4, -0.2) is 39.1 Å². The van der Waals surface area contributed by atoms with Crippen LogP contribution in [0.5, 0.6) is 0 Å². The third-order valence-electron chi connectivity index (χ3n) is 3.83. The molecule has 0 radical (unpaired) electrons. The number of aromatic nitrogens is 3. The van der Waals surface area contributed by atoms with Crippen LogP contribution in [0.15, 0.2) is 46.5 Å². The van der Waals surface area contributed by atoms with E-state index in [9.17, 15) is 4.79 Å². The lowest BCUT2D eigenvalue weighted by molar-refractivity contribution is -0.122. The van der Waals surface area contributed by atoms with E-state index in [4.69, 9.17) is 5.73 Å². The van der Waals surface area contributed by atoms with Gasteiger partial charge in [0.05, 0.1) is 11.7 Å². The van der Waals surface area contributed by atoms with E-state index in [-0.39, 0.29) is 30.9 Å². The van der Waals surface area contributed by atoms with Crippen molar-refractivity contribution in [2.24, 2.45) is 15.7 Å². The number of carbonyl (C=O) groups is 1. The maximum atomic E-state index is 12.0. The number of nitrogens with zero attached hydrogens (tertiary/aromatic N) is 5. The van der Waals surface area contributed by atoms with Gasteiger partial charge in [-0.1, -0.05) is 35.5 Å². The maximum absolute atomic E-state index is 12.0. The fraction of sp³-hybridized carbons (Fsp3) is 0.353. The minimum absolute atomic E-state index is 0. The number of hydrogen-bond acceptors (Lipinski definition) is 6. The smallest absolute Gasteiger partial charge is 0.242 e. The van der Waals surface area contributed by atoms with Crippen LogP contribution in [0.2, 0.25) is 0 Å². The summed E-state index contributed by atoms with van der Waals surface area (Å²) in [7, 11) is 0. The van der Waals surface area contributed by atoms with Crippen LogP contribution in [0.3, 0.4) is 0 Å². The van der Waals surface area contributed by atoms with Gasteiger partial charge in [-0.15, -0.1) is 17.5 Å². The highest BCUT2D eigenvalue weighted by molar-refractivity contribution is 5.93. The number of amides is 1. The van der Waals surface area contributed by atoms with Crippen molar-refractivity contribution in [1.82, 2.24) is 20.3 Å². The van der Waals surface area contributed by atoms with Crippen LogP contribution < -0.4 is 11.1 Å². The summed E-state index contributed by atoms with van der Waals surface area (Å²) in [4.78, 5) is 20.1. The number of hydrogen-bond donors (Lipinski definition) is 2. The van der Waals surface area contributed by atoms with Crippen molar-refractivity contribution in [3.63, 3.8) is 0 Å². The molecule has 3 rings (SSSR count). The molecule has 2 heterocycles. The number of guanidine groups is 1. The summed E-state index contributed by atoms with van der Waals surface area (Å²) in [5, 5.41) is 11.0. The molecule has 138 valence electrons. The van der Waals surface area contributed by atoms with Crippen molar-refractivity contribution in [1.29, 1.82) is 0 Å². The number of aliphatic imine (C=N–C) groups is 2. The summed E-state index contributed by atoms with van der Waals surface area (Å²) in [5.41, 5.74) is 7.44. The largest absolute Gasteiger partial charge is 0.368 e. The van der Waals surface area contributed by atoms with Gasteiger partial charge in [0.2, 0.25) is 11.9 Å². The van der Waals surface area contributed by atoms with Crippen LogP contribution in [0.1, 0.15) is 24.1 Å². The van der Waals surface area contributed by atoms with Crippen molar-refractivity contribution >= 4 is 30.5 Å². The van der Waals surface area contributed by atoms with Gasteiger partial charge in [0.15, 0.2) is 0 Å². The zero-order valence-electron chi connectivity index (χ0n) is 14.3. The lowest BCUT2D eigenvalue weighted by atomic mass is 10.1. The highest BCUT2D eigenvalue weighted by atomic mass is 35.5. The highest BCUT2D eigenvalue weighted by Gasteiger charge is 2.11. The zero-order valence-corrected chi connectivity index (χ0v) is 15.1. The van der Waals surface area contributed by atoms with Crippen LogP contribution in [0.4, 0.5) is 0 Å². The first-order valence-electron chi connectivity index (χ1n) is 8.26. The molecule has 9 heteroatoms. The number of rotatable bonds is 8. The van der Waals surface area contributed by atoms with Crippen molar-refractivity contribution in [3.05, 3.63) is 47.8 Å². The van der Waals surface area contributed by atoms with Crippen molar-refractivity contribution in [2.75, 3.05) is 0 Å². The van der Waals surface area contributed by atoms with E-state index >= 15 is 0 Å². The van der Waals surface area contributed by atoms with E-state index in [2.05, 4.69) is 25.6 Å². The molecule has 0 fully saturated rings. The second-order valence-electron chi connectivity index (χ2n) is 5.89. The molecule has 1 aliphatic heterocycles. The summed E-state index contributed by atoms with van der Waals surface area (Å²) >= 11 is 0. The standard InChI is InChI=1S/C17H21N7O.ClH/c18-17-20-10-14(21-17)7-4-8-15-11-24(23-22-15)12-16(25)19-9-13-5-2-1-3-6-13;/h1-3,5-6,10-11,14H,4,7-9,12H2,(H2,18,21)(H,19,25);1H. The molecule has 8 nitrogen and oxygen atoms in total. The first-order valence-corrected chi connectivity index (χ1v) is 8.26. The van der Waals surface area contributed by atoms with E-state index in [1.165, 1.54) is 0 Å². The molecule has 1 unspecified atom stereocenters. The number of nitrogens with one attached hydrogen (secondary N) is 1. The number of carbonyl (C=O) groups excluding carboxylic acids is 1. The van der Waals surface area contributed by atoms with Crippen LogP contribution >= 0.6 is 12.4 Å². The minimum Gasteiger partial charge on any atom is -0.368 e. The molecule has 26 heavy (non-hydrogen) atoms. The van der Waals surface area contributed by atoms with E-state index in [0.29, 0.717) is 12.5 Å². The summed E-state index contributed by atoms with van der Waals surface area (Å²) in [6.45, 7) is 0.670. The zero-order chi connectivity index (χ0) is 17.5. The van der Waals surface area contributed by atoms with E-state index in [1.54, 1.807) is 10.9 Å². The van der Waals surface area contributed by atoms with Gasteiger partial charge in [-0.25, -0.2) is 14.7 Å². The summed E-state index contributed by atoms with van der Waals surface area (Å²) in [5.74, 6) is 0.254. The number of nitrogens with two attached hydrogens (primary N) is 1. The fourth-order valence-corrected chi connectivity index (χ4v) is 2.56. The van der Waals surface area contributed by atoms with E-state index in [0.717, 1.165) is 30.5 Å². The molecule has 1 aliphatic rings. The summed E-state index contributed by atoms with van der Waals surface area (Å²) in [6, 6.07) is 9.85. The predicted octanol–water partition coefficient (Wildman–Crippen LogP) is 1.11. The first-order chi connectivity index (χ1) is 12.2. The topological polar surface area (TPSA) is 111 Å². The summed E-state index contributed by atoms with van der Waals surface area (Å²) in [6.07, 6.45) is 6.14. The number of benzene rings is 1. The molecule has 0 aliphatic carbocycles. The highest BCUT2D eigenvalue weighted by Crippen LogP contribution is 2.08. The molecule has 3 N–H and O–H groups in total. The second kappa shape index (κ2) is 9.67. The van der Waals surface area contributed by atoms with Gasteiger partial charge in [-0.05, 0) is 24.8 Å². The summed E-state index contributed by atoms with van der Waals surface area (Å²) < 4.78 is 1.56. The molecule has 0 saturated heterocycles. The van der Waals surface area contributed by atoms with Crippen LogP contribution in [0, 0.1) is 0 Å². The average Bonchev–Trinajstić information content (AvgIpc) is 3.23. The Morgan fingerprint density at radius 3 is 2.81 bits per heavy atom. The molecule has 2 aromatic rings. The van der Waals surface area contributed by atoms with Gasteiger partial charge < -0.3 is 11.1 Å². The monoisotopic (exact) mass is 375 g/mol. The van der Waals surface area contributed by atoms with E-state index in [1.807, 2.05) is 36.5 Å². The molecule has 0 spiro atoms. The van der Waals surface area contributed by atoms with Crippen molar-refractivity contribution in [3.8, 4) is 0 Å². The Morgan fingerprint density at radius 1 is 1.27 bits per heavy atom. The van der Waals surface area contributed by atoms with Crippen LogP contribution in [-0.2, 0) is 24.3 Å². The van der Waals surface area contributed by atoms with Gasteiger partial charge in [-0.2, -0.15) is 0 Å². The normalized spacial score (nSPS) is 15.4. The minimum atomic E-state index is -0.0905. The third kappa shape index (κ3) is 5.96. The third-order valence-corrected chi connectivity index (χ3v) is 3.83. The van der Waals surface area contributed by atoms with Gasteiger partial charge in [0.1, 0.15) is 6.54 Å². The molecule has 1 aromatic carbocycles. The Hall–Kier alpha value is -2.74. The lowest BCUT2D eigenvalue weighted by Crippen LogP contribution is -2.27. The van der Waals surface area contributed by atoms with Gasteiger partial charge >= 0.3 is 0 Å². The van der Waals surface area contributed by atoms with Gasteiger partial charge in [0, 0.05) is 19.0 Å². The first kappa shape index (κ1) is 19.6. The van der Waals surface area contributed by atoms with Crippen molar-refractivity contribution in [2.45, 2.75) is 38.4 Å². The second-order valence-corrected chi connectivity index (χ2v) is 5.89. The Labute approximate surface area is 158 Å². The quantitative estimate of drug-likeness (QED) is 0.719. The molecule has 0 bridgehead atoms. The Morgan fingerprint density at radius 2 is 2.08 bits per heavy atom. The molecular weight excluding hydrogens is 354 g/mol. The molecule has 0 saturated carbocycles. The predicted molar refractivity (Wildman–Crippen MR) is 102 cm³/mol. The average molecular weight is 376 g/mol. The molecule has 1 aromatic heterocycles. The SMILES string of the molecule is Cl.NC1=NC(CCCc2cn(CC(=O)NCc3ccccc3)nn2)C=N1. The molecule has 1 amide bonds. The number of aryl methyl sites for hydroxylation is 1. The van der Waals surface area contributed by atoms with Gasteiger partial charge in [-0.3, -0.25) is 4.79 Å². The molecule has 1 atom stereocenters. The molecular formula is C17H22ClN7O. The fourth-order valence-electron chi connectivity index (χ4n) is 2.56. The Balaban J connectivity index is 0.00000243. The Kier molecular flexibility index (Phi) is 7.28. The maximum Gasteiger partial charge on any atom is 0.242 e.